The highest BCUT2D eigenvalue weighted by Gasteiger charge is 1.86. The molecule has 0 aliphatic rings. The van der Waals surface area contributed by atoms with Gasteiger partial charge in [-0.15, -0.1) is 0 Å². The maximum atomic E-state index is 12.0. The van der Waals surface area contributed by atoms with Gasteiger partial charge in [-0.05, 0) is 13.6 Å². The Balaban J connectivity index is 4.12. The summed E-state index contributed by atoms with van der Waals surface area (Å²) in [5, 5.41) is 0. The van der Waals surface area contributed by atoms with Crippen molar-refractivity contribution in [2.75, 3.05) is 0 Å². The van der Waals surface area contributed by atoms with Gasteiger partial charge in [0.15, 0.2) is 0 Å². The van der Waals surface area contributed by atoms with Crippen LogP contribution < -0.4 is 0 Å². The molecular formula is C7H11FN2. The van der Waals surface area contributed by atoms with Crippen LogP contribution in [0.25, 0.3) is 0 Å². The lowest BCUT2D eigenvalue weighted by Crippen LogP contribution is -1.87. The minimum Gasteiger partial charge on any atom is -0.249 e. The van der Waals surface area contributed by atoms with E-state index in [0.29, 0.717) is 12.3 Å². The molecule has 0 rings (SSSR count). The Morgan fingerprint density at radius 1 is 1.70 bits per heavy atom. The Labute approximate surface area is 60.2 Å². The third kappa shape index (κ3) is 3.95. The van der Waals surface area contributed by atoms with Gasteiger partial charge < -0.3 is 0 Å². The smallest absolute Gasteiger partial charge is 0.127 e. The van der Waals surface area contributed by atoms with Gasteiger partial charge in [0.2, 0.25) is 0 Å². The topological polar surface area (TPSA) is 24.7 Å². The third-order valence-electron chi connectivity index (χ3n) is 0.890. The summed E-state index contributed by atoms with van der Waals surface area (Å²) in [6.45, 7) is 6.49. The number of amidine groups is 1. The number of allylic oxidation sites excluding steroid dienone is 1. The molecule has 0 saturated heterocycles. The minimum atomic E-state index is -0.324. The molecule has 0 aromatic carbocycles. The largest absolute Gasteiger partial charge is 0.249 e. The van der Waals surface area contributed by atoms with Crippen molar-refractivity contribution in [1.82, 2.24) is 0 Å². The molecule has 10 heavy (non-hydrogen) atoms. The molecule has 0 radical (unpaired) electrons. The fourth-order valence-electron chi connectivity index (χ4n) is 0.407. The average molecular weight is 142 g/mol. The van der Waals surface area contributed by atoms with Gasteiger partial charge in [-0.1, -0.05) is 6.92 Å². The lowest BCUT2D eigenvalue weighted by atomic mass is 10.4. The summed E-state index contributed by atoms with van der Waals surface area (Å²) < 4.78 is 12.0. The van der Waals surface area contributed by atoms with Crippen LogP contribution in [0.2, 0.25) is 0 Å². The van der Waals surface area contributed by atoms with Gasteiger partial charge in [-0.25, -0.2) is 14.4 Å². The van der Waals surface area contributed by atoms with Crippen molar-refractivity contribution in [2.24, 2.45) is 9.98 Å². The summed E-state index contributed by atoms with van der Waals surface area (Å²) in [5.41, 5.74) is 0. The number of hydrogen-bond donors (Lipinski definition) is 0. The maximum absolute atomic E-state index is 12.0. The molecule has 0 saturated carbocycles. The van der Waals surface area contributed by atoms with Crippen molar-refractivity contribution in [3.8, 4) is 0 Å². The number of halogens is 1. The van der Waals surface area contributed by atoms with Crippen LogP contribution in [-0.2, 0) is 0 Å². The number of nitrogens with zero attached hydrogens (tertiary/aromatic N) is 2. The second-order valence-electron chi connectivity index (χ2n) is 1.77. The van der Waals surface area contributed by atoms with Crippen LogP contribution in [0.1, 0.15) is 20.3 Å². The first-order valence-corrected chi connectivity index (χ1v) is 3.06. The molecular weight excluding hydrogens is 131 g/mol. The first-order valence-electron chi connectivity index (χ1n) is 3.06. The third-order valence-corrected chi connectivity index (χ3v) is 0.890. The zero-order valence-electron chi connectivity index (χ0n) is 6.26. The van der Waals surface area contributed by atoms with E-state index < -0.39 is 0 Å². The molecule has 0 spiro atoms. The van der Waals surface area contributed by atoms with Crippen molar-refractivity contribution >= 4 is 12.6 Å². The summed E-state index contributed by atoms with van der Waals surface area (Å²) in [5.74, 6) is 0.228. The van der Waals surface area contributed by atoms with Crippen molar-refractivity contribution in [3.63, 3.8) is 0 Å². The number of hydrogen-bond acceptors (Lipinski definition) is 1. The summed E-state index contributed by atoms with van der Waals surface area (Å²) in [6, 6.07) is 0. The van der Waals surface area contributed by atoms with Crippen molar-refractivity contribution < 1.29 is 4.39 Å². The number of rotatable bonds is 2. The second-order valence-corrected chi connectivity index (χ2v) is 1.77. The predicted molar refractivity (Wildman–Crippen MR) is 42.1 cm³/mol. The van der Waals surface area contributed by atoms with E-state index >= 15 is 0 Å². The molecule has 0 aliphatic carbocycles. The molecule has 3 heteroatoms. The Hall–Kier alpha value is -0.990. The van der Waals surface area contributed by atoms with Gasteiger partial charge in [-0.2, -0.15) is 0 Å². The molecule has 0 aromatic heterocycles. The first-order chi connectivity index (χ1) is 4.70. The minimum absolute atomic E-state index is 0.324. The molecule has 0 aliphatic heterocycles. The zero-order valence-corrected chi connectivity index (χ0v) is 6.26. The van der Waals surface area contributed by atoms with Crippen LogP contribution in [0.15, 0.2) is 22.0 Å². The average Bonchev–Trinajstić information content (AvgIpc) is 1.90. The molecule has 0 fully saturated rings. The Morgan fingerprint density at radius 3 is 2.60 bits per heavy atom. The SMILES string of the molecule is C=N/C(CC)=N\C=C(/C)F. The molecule has 0 N–H and O–H groups in total. The van der Waals surface area contributed by atoms with E-state index in [-0.39, 0.29) is 5.83 Å². The van der Waals surface area contributed by atoms with Crippen molar-refractivity contribution in [2.45, 2.75) is 20.3 Å². The van der Waals surface area contributed by atoms with Crippen LogP contribution in [0, 0.1) is 0 Å². The molecule has 0 aromatic rings. The van der Waals surface area contributed by atoms with Crippen LogP contribution in [0.5, 0.6) is 0 Å². The summed E-state index contributed by atoms with van der Waals surface area (Å²) in [7, 11) is 0. The molecule has 2 nitrogen and oxygen atoms in total. The lowest BCUT2D eigenvalue weighted by Gasteiger charge is -1.89. The normalized spacial score (nSPS) is 13.5. The quantitative estimate of drug-likeness (QED) is 0.417. The molecule has 0 atom stereocenters. The fourth-order valence-corrected chi connectivity index (χ4v) is 0.407. The molecule has 56 valence electrons. The van der Waals surface area contributed by atoms with Crippen LogP contribution in [-0.4, -0.2) is 12.6 Å². The highest BCUT2D eigenvalue weighted by atomic mass is 19.1. The van der Waals surface area contributed by atoms with Crippen LogP contribution >= 0.6 is 0 Å². The summed E-state index contributed by atoms with van der Waals surface area (Å²) >= 11 is 0. The van der Waals surface area contributed by atoms with E-state index in [1.807, 2.05) is 6.92 Å². The van der Waals surface area contributed by atoms with Gasteiger partial charge in [0, 0.05) is 6.42 Å². The zero-order chi connectivity index (χ0) is 7.98. The van der Waals surface area contributed by atoms with Crippen molar-refractivity contribution in [1.29, 1.82) is 0 Å². The monoisotopic (exact) mass is 142 g/mol. The second kappa shape index (κ2) is 4.85. The van der Waals surface area contributed by atoms with E-state index in [1.165, 1.54) is 6.92 Å². The summed E-state index contributed by atoms with van der Waals surface area (Å²) in [6.07, 6.45) is 1.81. The first kappa shape index (κ1) is 9.01. The van der Waals surface area contributed by atoms with Gasteiger partial charge >= 0.3 is 0 Å². The fraction of sp³-hybridized carbons (Fsp3) is 0.429. The van der Waals surface area contributed by atoms with E-state index in [2.05, 4.69) is 16.7 Å². The van der Waals surface area contributed by atoms with Crippen molar-refractivity contribution in [3.05, 3.63) is 12.0 Å². The van der Waals surface area contributed by atoms with Crippen LogP contribution in [0.4, 0.5) is 4.39 Å². The van der Waals surface area contributed by atoms with Gasteiger partial charge in [-0.3, -0.25) is 0 Å². The van der Waals surface area contributed by atoms with Gasteiger partial charge in [0.1, 0.15) is 11.7 Å². The van der Waals surface area contributed by atoms with E-state index in [0.717, 1.165) is 6.20 Å². The molecule has 0 unspecified atom stereocenters. The standard InChI is InChI=1S/C7H11FN2/c1-4-7(9-3)10-5-6(2)8/h5H,3-4H2,1-2H3/b6-5+,10-7-. The Kier molecular flexibility index (Phi) is 4.37. The Morgan fingerprint density at radius 2 is 2.30 bits per heavy atom. The highest BCUT2D eigenvalue weighted by Crippen LogP contribution is 1.95. The Bertz CT molecular complexity index is 166. The lowest BCUT2D eigenvalue weighted by molar-refractivity contribution is 0.637. The van der Waals surface area contributed by atoms with Gasteiger partial charge in [0.05, 0.1) is 6.20 Å². The van der Waals surface area contributed by atoms with Crippen LogP contribution in [0.3, 0.4) is 0 Å². The van der Waals surface area contributed by atoms with E-state index in [1.54, 1.807) is 0 Å². The molecule has 0 bridgehead atoms. The van der Waals surface area contributed by atoms with E-state index in [4.69, 9.17) is 0 Å². The maximum Gasteiger partial charge on any atom is 0.127 e. The van der Waals surface area contributed by atoms with E-state index in [9.17, 15) is 4.39 Å². The number of aliphatic imine (C=N–C) groups is 2. The summed E-state index contributed by atoms with van der Waals surface area (Å²) in [4.78, 5) is 7.28. The molecule has 0 heterocycles. The predicted octanol–water partition coefficient (Wildman–Crippen LogP) is 2.33. The van der Waals surface area contributed by atoms with Gasteiger partial charge in [0.25, 0.3) is 0 Å². The highest BCUT2D eigenvalue weighted by molar-refractivity contribution is 5.86. The molecule has 0 amide bonds.